The summed E-state index contributed by atoms with van der Waals surface area (Å²) in [7, 11) is 3.55. The van der Waals surface area contributed by atoms with Crippen LogP contribution in [0.15, 0.2) is 30.5 Å². The van der Waals surface area contributed by atoms with Crippen LogP contribution in [0.3, 0.4) is 0 Å². The Labute approximate surface area is 213 Å². The van der Waals surface area contributed by atoms with Gasteiger partial charge in [0.05, 0.1) is 30.8 Å². The summed E-state index contributed by atoms with van der Waals surface area (Å²) in [6, 6.07) is 1.41. The summed E-state index contributed by atoms with van der Waals surface area (Å²) >= 11 is 0. The summed E-state index contributed by atoms with van der Waals surface area (Å²) in [5.74, 6) is -1.34. The van der Waals surface area contributed by atoms with E-state index in [2.05, 4.69) is 20.4 Å². The highest BCUT2D eigenvalue weighted by Crippen LogP contribution is 2.37. The number of tetrazole rings is 1. The fourth-order valence-corrected chi connectivity index (χ4v) is 3.35. The van der Waals surface area contributed by atoms with E-state index in [1.807, 2.05) is 0 Å². The Morgan fingerprint density at radius 3 is 1.92 bits per heavy atom. The molecule has 0 unspecified atom stereocenters. The van der Waals surface area contributed by atoms with Gasteiger partial charge in [-0.05, 0) is 35.0 Å². The summed E-state index contributed by atoms with van der Waals surface area (Å²) in [6.45, 7) is -1.44. The first-order valence-electron chi connectivity index (χ1n) is 10.6. The molecule has 3 rings (SSSR count). The average Bonchev–Trinajstić information content (AvgIpc) is 3.27. The number of rotatable bonds is 7. The molecule has 0 saturated heterocycles. The highest BCUT2D eigenvalue weighted by atomic mass is 19.4. The third-order valence-corrected chi connectivity index (χ3v) is 5.22. The molecule has 1 aromatic carbocycles. The average molecular weight is 571 g/mol. The molecule has 3 aromatic rings. The van der Waals surface area contributed by atoms with Crippen LogP contribution in [0.1, 0.15) is 38.3 Å². The van der Waals surface area contributed by atoms with Crippen molar-refractivity contribution in [3.8, 4) is 0 Å². The van der Waals surface area contributed by atoms with E-state index in [4.69, 9.17) is 4.84 Å². The summed E-state index contributed by atoms with van der Waals surface area (Å²) < 4.78 is 120. The Morgan fingerprint density at radius 1 is 0.897 bits per heavy atom. The van der Waals surface area contributed by atoms with E-state index in [0.717, 1.165) is 23.9 Å². The fraction of sp³-hybridized carbons (Fsp3) is 0.381. The molecule has 0 spiro atoms. The maximum absolute atomic E-state index is 13.4. The Hall–Kier alpha value is -3.96. The number of pyridine rings is 1. The van der Waals surface area contributed by atoms with Crippen molar-refractivity contribution in [2.75, 3.05) is 19.1 Å². The Morgan fingerprint density at radius 2 is 1.46 bits per heavy atom. The Balaban J connectivity index is 2.15. The largest absolute Gasteiger partial charge is 0.417 e. The molecule has 0 aliphatic carbocycles. The maximum atomic E-state index is 13.4. The number of hydroxylamine groups is 2. The summed E-state index contributed by atoms with van der Waals surface area (Å²) in [5, 5.41) is 11.7. The summed E-state index contributed by atoms with van der Waals surface area (Å²) in [5.41, 5.74) is -5.91. The lowest BCUT2D eigenvalue weighted by molar-refractivity contribution is -0.143. The third kappa shape index (κ3) is 7.12. The van der Waals surface area contributed by atoms with Crippen molar-refractivity contribution in [2.45, 2.75) is 31.6 Å². The van der Waals surface area contributed by atoms with E-state index in [1.165, 1.54) is 7.05 Å². The zero-order chi connectivity index (χ0) is 29.3. The van der Waals surface area contributed by atoms with E-state index in [1.54, 1.807) is 0 Å². The van der Waals surface area contributed by atoms with Crippen LogP contribution in [0.2, 0.25) is 0 Å². The number of nitrogens with zero attached hydrogens (tertiary/aromatic N) is 7. The lowest BCUT2D eigenvalue weighted by atomic mass is 10.0. The predicted octanol–water partition coefficient (Wildman–Crippen LogP) is 4.50. The molecule has 212 valence electrons. The molecule has 1 amide bonds. The summed E-state index contributed by atoms with van der Waals surface area (Å²) in [4.78, 5) is 22.9. The van der Waals surface area contributed by atoms with E-state index < -0.39 is 71.0 Å². The highest BCUT2D eigenvalue weighted by molar-refractivity contribution is 5.93. The van der Waals surface area contributed by atoms with Crippen LogP contribution in [0, 0.1) is 0 Å². The molecule has 9 nitrogen and oxygen atoms in total. The molecule has 0 atom stereocenters. The number of carbonyl (C=O) groups excluding carboxylic acids is 1. The van der Waals surface area contributed by atoms with E-state index in [0.29, 0.717) is 29.5 Å². The van der Waals surface area contributed by atoms with Gasteiger partial charge in [0.15, 0.2) is 0 Å². The second-order valence-corrected chi connectivity index (χ2v) is 8.06. The molecule has 18 heteroatoms. The lowest BCUT2D eigenvalue weighted by Crippen LogP contribution is -2.30. The Bertz CT molecular complexity index is 1300. The van der Waals surface area contributed by atoms with Crippen LogP contribution >= 0.6 is 0 Å². The molecule has 0 aliphatic heterocycles. The van der Waals surface area contributed by atoms with Crippen LogP contribution < -0.4 is 4.90 Å². The molecule has 0 N–H and O–H groups in total. The van der Waals surface area contributed by atoms with Crippen LogP contribution in [0.5, 0.6) is 0 Å². The van der Waals surface area contributed by atoms with Gasteiger partial charge in [-0.2, -0.15) is 44.3 Å². The molecule has 0 bridgehead atoms. The number of carbonyl (C=O) groups is 1. The molecule has 2 heterocycles. The number of benzene rings is 1. The van der Waals surface area contributed by atoms with Gasteiger partial charge in [-0.1, -0.05) is 5.10 Å². The molecule has 0 fully saturated rings. The number of halogens is 9. The lowest BCUT2D eigenvalue weighted by Gasteiger charge is -2.24. The smallest absolute Gasteiger partial charge is 0.329 e. The summed E-state index contributed by atoms with van der Waals surface area (Å²) in [6.07, 6.45) is -14.8. The van der Waals surface area contributed by atoms with Gasteiger partial charge in [0.2, 0.25) is 0 Å². The second kappa shape index (κ2) is 10.7. The monoisotopic (exact) mass is 571 g/mol. The van der Waals surface area contributed by atoms with Crippen molar-refractivity contribution in [3.05, 3.63) is 64.0 Å². The molecule has 0 radical (unpaired) electrons. The predicted molar refractivity (Wildman–Crippen MR) is 113 cm³/mol. The maximum Gasteiger partial charge on any atom is 0.417 e. The minimum Gasteiger partial charge on any atom is -0.329 e. The number of hydrogen-bond donors (Lipinski definition) is 0. The van der Waals surface area contributed by atoms with Crippen LogP contribution in [-0.4, -0.2) is 50.3 Å². The zero-order valence-corrected chi connectivity index (χ0v) is 20.1. The highest BCUT2D eigenvalue weighted by Gasteiger charge is 2.37. The molecular formula is C21H18F9N7O2. The minimum atomic E-state index is -5.14. The van der Waals surface area contributed by atoms with Crippen molar-refractivity contribution in [1.82, 2.24) is 30.3 Å². The molecule has 2 aromatic heterocycles. The van der Waals surface area contributed by atoms with E-state index >= 15 is 0 Å². The molecule has 0 saturated carbocycles. The first-order valence-corrected chi connectivity index (χ1v) is 10.6. The Kier molecular flexibility index (Phi) is 8.09. The van der Waals surface area contributed by atoms with Crippen molar-refractivity contribution < 1.29 is 49.1 Å². The van der Waals surface area contributed by atoms with E-state index in [9.17, 15) is 44.3 Å². The number of aromatic nitrogens is 5. The van der Waals surface area contributed by atoms with Crippen molar-refractivity contribution >= 4 is 11.9 Å². The van der Waals surface area contributed by atoms with Gasteiger partial charge in [0, 0.05) is 31.9 Å². The van der Waals surface area contributed by atoms with E-state index in [-0.39, 0.29) is 12.0 Å². The molecule has 0 aliphatic rings. The number of alkyl halides is 9. The van der Waals surface area contributed by atoms with Crippen molar-refractivity contribution in [2.24, 2.45) is 7.05 Å². The first kappa shape index (κ1) is 29.6. The first-order chi connectivity index (χ1) is 17.9. The van der Waals surface area contributed by atoms with Crippen LogP contribution in [0.4, 0.5) is 45.5 Å². The van der Waals surface area contributed by atoms with Crippen LogP contribution in [-0.2, 0) is 43.5 Å². The number of aryl methyl sites for hydroxylation is 1. The van der Waals surface area contributed by atoms with Gasteiger partial charge in [-0.15, -0.1) is 5.10 Å². The standard InChI is InChI=1S/C21H18F9N7O2/c1-35(39-3)17(38)16-12(6-15(8-31-16)21(28,29)30)10-37(18-32-34-36(2)33-18)9-11-4-13(19(22,23)24)7-14(5-11)20(25,26)27/h4-8H,9-10H2,1-3H3. The number of anilines is 1. The number of hydrogen-bond acceptors (Lipinski definition) is 7. The topological polar surface area (TPSA) is 89.3 Å². The van der Waals surface area contributed by atoms with Crippen LogP contribution in [0.25, 0.3) is 0 Å². The van der Waals surface area contributed by atoms with Gasteiger partial charge < -0.3 is 4.90 Å². The minimum absolute atomic E-state index is 0.0670. The van der Waals surface area contributed by atoms with Gasteiger partial charge in [-0.25, -0.2) is 5.06 Å². The van der Waals surface area contributed by atoms with Crippen molar-refractivity contribution in [1.29, 1.82) is 0 Å². The van der Waals surface area contributed by atoms with Crippen molar-refractivity contribution in [3.63, 3.8) is 0 Å². The normalized spacial score (nSPS) is 12.5. The van der Waals surface area contributed by atoms with Gasteiger partial charge in [0.1, 0.15) is 5.69 Å². The molecular weight excluding hydrogens is 553 g/mol. The van der Waals surface area contributed by atoms with Gasteiger partial charge >= 0.3 is 18.5 Å². The second-order valence-electron chi connectivity index (χ2n) is 8.06. The number of amides is 1. The SMILES string of the molecule is CON(C)C(=O)c1ncc(C(F)(F)F)cc1CN(Cc1cc(C(F)(F)F)cc(C(F)(F)F)c1)c1nnn(C)n1. The van der Waals surface area contributed by atoms with Gasteiger partial charge in [-0.3, -0.25) is 14.6 Å². The van der Waals surface area contributed by atoms with Gasteiger partial charge in [0.25, 0.3) is 11.9 Å². The zero-order valence-electron chi connectivity index (χ0n) is 20.1. The molecule has 39 heavy (non-hydrogen) atoms. The fourth-order valence-electron chi connectivity index (χ4n) is 3.35. The third-order valence-electron chi connectivity index (χ3n) is 5.22. The quantitative estimate of drug-likeness (QED) is 0.305.